The van der Waals surface area contributed by atoms with Crippen LogP contribution in [0.3, 0.4) is 0 Å². The standard InChI is InChI=1S/C10H13NO4/c1-3-7(10(14)15-4-2)11-8(12)5-6-9(11)13/h5-7H,3-4H2,1-2H3. The highest BCUT2D eigenvalue weighted by molar-refractivity contribution is 6.14. The summed E-state index contributed by atoms with van der Waals surface area (Å²) in [6, 6.07) is -0.806. The Labute approximate surface area is 87.7 Å². The number of hydrogen-bond donors (Lipinski definition) is 0. The van der Waals surface area contributed by atoms with Gasteiger partial charge in [-0.1, -0.05) is 6.92 Å². The van der Waals surface area contributed by atoms with Crippen molar-refractivity contribution in [2.45, 2.75) is 26.3 Å². The van der Waals surface area contributed by atoms with E-state index >= 15 is 0 Å². The summed E-state index contributed by atoms with van der Waals surface area (Å²) in [5.41, 5.74) is 0. The Hall–Kier alpha value is -1.65. The average molecular weight is 211 g/mol. The maximum Gasteiger partial charge on any atom is 0.329 e. The molecule has 5 heteroatoms. The summed E-state index contributed by atoms with van der Waals surface area (Å²) in [6.07, 6.45) is 2.67. The van der Waals surface area contributed by atoms with Crippen LogP contribution in [0.15, 0.2) is 12.2 Å². The molecule has 0 saturated carbocycles. The van der Waals surface area contributed by atoms with Gasteiger partial charge in [0.1, 0.15) is 6.04 Å². The predicted octanol–water partition coefficient (Wildman–Crippen LogP) is 0.253. The van der Waals surface area contributed by atoms with Gasteiger partial charge >= 0.3 is 5.97 Å². The second-order valence-electron chi connectivity index (χ2n) is 3.06. The molecule has 0 radical (unpaired) electrons. The molecule has 0 aliphatic carbocycles. The Balaban J connectivity index is 2.79. The molecular formula is C10H13NO4. The lowest BCUT2D eigenvalue weighted by atomic mass is 10.2. The molecule has 0 saturated heterocycles. The Morgan fingerprint density at radius 3 is 2.27 bits per heavy atom. The molecule has 1 rings (SSSR count). The van der Waals surface area contributed by atoms with Crippen molar-refractivity contribution in [3.8, 4) is 0 Å². The van der Waals surface area contributed by atoms with E-state index in [1.807, 2.05) is 0 Å². The minimum absolute atomic E-state index is 0.235. The van der Waals surface area contributed by atoms with Gasteiger partial charge in [0.05, 0.1) is 6.61 Å². The van der Waals surface area contributed by atoms with Crippen LogP contribution in [0.4, 0.5) is 0 Å². The van der Waals surface area contributed by atoms with Gasteiger partial charge in [0.25, 0.3) is 11.8 Å². The van der Waals surface area contributed by atoms with E-state index in [4.69, 9.17) is 4.74 Å². The van der Waals surface area contributed by atoms with E-state index in [1.165, 1.54) is 0 Å². The highest BCUT2D eigenvalue weighted by atomic mass is 16.5. The summed E-state index contributed by atoms with van der Waals surface area (Å²) in [5.74, 6) is -1.45. The fraction of sp³-hybridized carbons (Fsp3) is 0.500. The SMILES string of the molecule is CCOC(=O)C(CC)N1C(=O)C=CC1=O. The fourth-order valence-electron chi connectivity index (χ4n) is 1.41. The molecule has 15 heavy (non-hydrogen) atoms. The molecule has 1 atom stereocenters. The van der Waals surface area contributed by atoms with Crippen LogP contribution >= 0.6 is 0 Å². The van der Waals surface area contributed by atoms with Crippen LogP contribution < -0.4 is 0 Å². The zero-order valence-electron chi connectivity index (χ0n) is 8.73. The van der Waals surface area contributed by atoms with E-state index in [1.54, 1.807) is 13.8 Å². The molecule has 0 N–H and O–H groups in total. The van der Waals surface area contributed by atoms with E-state index in [0.29, 0.717) is 6.42 Å². The molecule has 0 aromatic carbocycles. The van der Waals surface area contributed by atoms with Crippen molar-refractivity contribution in [2.75, 3.05) is 6.61 Å². The Bertz CT molecular complexity index is 303. The van der Waals surface area contributed by atoms with Gasteiger partial charge in [-0.05, 0) is 13.3 Å². The summed E-state index contributed by atoms with van der Waals surface area (Å²) in [7, 11) is 0. The smallest absolute Gasteiger partial charge is 0.329 e. The number of imide groups is 1. The van der Waals surface area contributed by atoms with Gasteiger partial charge in [0.15, 0.2) is 0 Å². The van der Waals surface area contributed by atoms with Gasteiger partial charge in [-0.3, -0.25) is 14.5 Å². The van der Waals surface area contributed by atoms with Gasteiger partial charge < -0.3 is 4.74 Å². The summed E-state index contributed by atoms with van der Waals surface area (Å²) in [4.78, 5) is 35.0. The van der Waals surface area contributed by atoms with Crippen molar-refractivity contribution in [1.29, 1.82) is 0 Å². The fourth-order valence-corrected chi connectivity index (χ4v) is 1.41. The first-order valence-corrected chi connectivity index (χ1v) is 4.83. The number of nitrogens with zero attached hydrogens (tertiary/aromatic N) is 1. The van der Waals surface area contributed by atoms with Gasteiger partial charge in [0, 0.05) is 12.2 Å². The van der Waals surface area contributed by atoms with Crippen LogP contribution in [0.25, 0.3) is 0 Å². The van der Waals surface area contributed by atoms with Gasteiger partial charge in [0.2, 0.25) is 0 Å². The van der Waals surface area contributed by atoms with Crippen LogP contribution in [-0.2, 0) is 19.1 Å². The van der Waals surface area contributed by atoms with Crippen LogP contribution in [0.1, 0.15) is 20.3 Å². The molecular weight excluding hydrogens is 198 g/mol. The van der Waals surface area contributed by atoms with Crippen LogP contribution in [0.5, 0.6) is 0 Å². The monoisotopic (exact) mass is 211 g/mol. The number of esters is 1. The Kier molecular flexibility index (Phi) is 3.60. The normalized spacial score (nSPS) is 17.1. The minimum Gasteiger partial charge on any atom is -0.464 e. The third-order valence-electron chi connectivity index (χ3n) is 2.10. The first-order chi connectivity index (χ1) is 7.11. The predicted molar refractivity (Wildman–Crippen MR) is 51.7 cm³/mol. The first-order valence-electron chi connectivity index (χ1n) is 4.83. The zero-order valence-corrected chi connectivity index (χ0v) is 8.73. The largest absolute Gasteiger partial charge is 0.464 e. The Morgan fingerprint density at radius 1 is 1.33 bits per heavy atom. The lowest BCUT2D eigenvalue weighted by molar-refractivity contribution is -0.157. The number of hydrogen-bond acceptors (Lipinski definition) is 4. The number of rotatable bonds is 4. The van der Waals surface area contributed by atoms with Crippen LogP contribution in [0, 0.1) is 0 Å². The second kappa shape index (κ2) is 4.72. The van der Waals surface area contributed by atoms with E-state index < -0.39 is 23.8 Å². The average Bonchev–Trinajstić information content (AvgIpc) is 2.51. The third kappa shape index (κ3) is 2.23. The van der Waals surface area contributed by atoms with Crippen molar-refractivity contribution in [3.63, 3.8) is 0 Å². The molecule has 0 aromatic heterocycles. The van der Waals surface area contributed by atoms with Crippen molar-refractivity contribution in [1.82, 2.24) is 4.90 Å². The molecule has 2 amide bonds. The molecule has 1 unspecified atom stereocenters. The maximum absolute atomic E-state index is 11.5. The van der Waals surface area contributed by atoms with E-state index in [-0.39, 0.29) is 6.61 Å². The molecule has 0 bridgehead atoms. The zero-order chi connectivity index (χ0) is 11.4. The van der Waals surface area contributed by atoms with E-state index in [0.717, 1.165) is 17.1 Å². The Morgan fingerprint density at radius 2 is 1.87 bits per heavy atom. The molecule has 5 nitrogen and oxygen atoms in total. The molecule has 82 valence electrons. The summed E-state index contributed by atoms with van der Waals surface area (Å²) >= 11 is 0. The van der Waals surface area contributed by atoms with Crippen molar-refractivity contribution in [3.05, 3.63) is 12.2 Å². The molecule has 1 heterocycles. The number of carbonyl (C=O) groups excluding carboxylic acids is 3. The molecule has 0 spiro atoms. The summed E-state index contributed by atoms with van der Waals surface area (Å²) in [6.45, 7) is 3.63. The summed E-state index contributed by atoms with van der Waals surface area (Å²) < 4.78 is 4.79. The molecule has 1 aliphatic rings. The molecule has 0 fully saturated rings. The molecule has 1 aliphatic heterocycles. The lowest BCUT2D eigenvalue weighted by Gasteiger charge is -2.22. The number of amides is 2. The van der Waals surface area contributed by atoms with Crippen molar-refractivity contribution in [2.24, 2.45) is 0 Å². The first kappa shape index (κ1) is 11.4. The lowest BCUT2D eigenvalue weighted by Crippen LogP contribution is -2.45. The highest BCUT2D eigenvalue weighted by Crippen LogP contribution is 2.13. The topological polar surface area (TPSA) is 63.7 Å². The second-order valence-corrected chi connectivity index (χ2v) is 3.06. The van der Waals surface area contributed by atoms with Crippen LogP contribution in [-0.4, -0.2) is 35.3 Å². The van der Waals surface area contributed by atoms with Gasteiger partial charge in [-0.15, -0.1) is 0 Å². The van der Waals surface area contributed by atoms with E-state index in [9.17, 15) is 14.4 Å². The van der Waals surface area contributed by atoms with Crippen molar-refractivity contribution < 1.29 is 19.1 Å². The minimum atomic E-state index is -0.806. The van der Waals surface area contributed by atoms with E-state index in [2.05, 4.69) is 0 Å². The maximum atomic E-state index is 11.5. The summed E-state index contributed by atoms with van der Waals surface area (Å²) in [5, 5.41) is 0. The quantitative estimate of drug-likeness (QED) is 0.494. The third-order valence-corrected chi connectivity index (χ3v) is 2.10. The van der Waals surface area contributed by atoms with Gasteiger partial charge in [-0.2, -0.15) is 0 Å². The van der Waals surface area contributed by atoms with Gasteiger partial charge in [-0.25, -0.2) is 4.79 Å². The highest BCUT2D eigenvalue weighted by Gasteiger charge is 2.35. The number of ether oxygens (including phenoxy) is 1. The number of carbonyl (C=O) groups is 3. The van der Waals surface area contributed by atoms with Crippen molar-refractivity contribution >= 4 is 17.8 Å². The molecule has 0 aromatic rings. The van der Waals surface area contributed by atoms with Crippen LogP contribution in [0.2, 0.25) is 0 Å².